The number of hydrogen-bond donors (Lipinski definition) is 1. The Morgan fingerprint density at radius 2 is 1.93 bits per heavy atom. The Bertz CT molecular complexity index is 1010. The molecule has 8 nitrogen and oxygen atoms in total. The van der Waals surface area contributed by atoms with E-state index in [1.54, 1.807) is 31.2 Å². The second-order valence-corrected chi connectivity index (χ2v) is 7.38. The molecule has 0 aliphatic rings. The van der Waals surface area contributed by atoms with Crippen LogP contribution in [-0.4, -0.2) is 35.9 Å². The number of esters is 1. The molecule has 0 aliphatic heterocycles. The molecule has 3 rings (SSSR count). The lowest BCUT2D eigenvalue weighted by Gasteiger charge is -2.22. The lowest BCUT2D eigenvalue weighted by atomic mass is 10.2. The number of rotatable bonds is 9. The van der Waals surface area contributed by atoms with Crippen molar-refractivity contribution in [2.45, 2.75) is 19.8 Å². The molecule has 0 aliphatic carbocycles. The lowest BCUT2D eigenvalue weighted by molar-refractivity contribution is -0.147. The number of carbonyl (C=O) groups excluding carboxylic acids is 3. The fourth-order valence-electron chi connectivity index (χ4n) is 2.73. The quantitative estimate of drug-likeness (QED) is 0.525. The molecule has 0 saturated carbocycles. The Labute approximate surface area is 177 Å². The van der Waals surface area contributed by atoms with Gasteiger partial charge in [-0.15, -0.1) is 11.3 Å². The molecule has 1 aromatic carbocycles. The summed E-state index contributed by atoms with van der Waals surface area (Å²) in [6, 6.07) is 12.6. The van der Waals surface area contributed by atoms with Crippen molar-refractivity contribution in [3.63, 3.8) is 0 Å². The van der Waals surface area contributed by atoms with Gasteiger partial charge in [-0.1, -0.05) is 24.3 Å². The van der Waals surface area contributed by atoms with Crippen LogP contribution in [-0.2, 0) is 25.5 Å². The molecule has 0 spiro atoms. The van der Waals surface area contributed by atoms with Crippen molar-refractivity contribution in [2.75, 3.05) is 18.1 Å². The number of carbonyl (C=O) groups is 3. The second-order valence-electron chi connectivity index (χ2n) is 6.43. The maximum absolute atomic E-state index is 12.6. The molecule has 3 aromatic rings. The molecule has 0 atom stereocenters. The van der Waals surface area contributed by atoms with Crippen LogP contribution in [0.2, 0.25) is 0 Å². The first kappa shape index (κ1) is 21.3. The van der Waals surface area contributed by atoms with E-state index in [4.69, 9.17) is 14.9 Å². The maximum Gasteiger partial charge on any atom is 0.312 e. The SMILES string of the molecule is Cc1oc(-c2cccs2)nc1CC(=O)OCC(=O)N(CCC(N)=O)c1ccccc1. The first-order valence-corrected chi connectivity index (χ1v) is 10.1. The molecule has 156 valence electrons. The predicted molar refractivity (Wildman–Crippen MR) is 112 cm³/mol. The number of aryl methyl sites for hydroxylation is 1. The molecule has 0 unspecified atom stereocenters. The molecule has 2 aromatic heterocycles. The van der Waals surface area contributed by atoms with Crippen LogP contribution in [0.15, 0.2) is 52.3 Å². The van der Waals surface area contributed by atoms with E-state index in [0.717, 1.165) is 4.88 Å². The van der Waals surface area contributed by atoms with Gasteiger partial charge in [0.05, 0.1) is 17.0 Å². The summed E-state index contributed by atoms with van der Waals surface area (Å²) in [5, 5.41) is 1.91. The summed E-state index contributed by atoms with van der Waals surface area (Å²) >= 11 is 1.48. The molecule has 2 N–H and O–H groups in total. The average molecular weight is 427 g/mol. The van der Waals surface area contributed by atoms with Gasteiger partial charge in [0.25, 0.3) is 5.91 Å². The fourth-order valence-corrected chi connectivity index (χ4v) is 3.38. The summed E-state index contributed by atoms with van der Waals surface area (Å²) in [5.74, 6) is -0.603. The van der Waals surface area contributed by atoms with Gasteiger partial charge < -0.3 is 19.8 Å². The van der Waals surface area contributed by atoms with Crippen LogP contribution in [0.3, 0.4) is 0 Å². The van der Waals surface area contributed by atoms with Crippen molar-refractivity contribution in [1.82, 2.24) is 4.98 Å². The molecule has 0 fully saturated rings. The van der Waals surface area contributed by atoms with Crippen LogP contribution in [0.1, 0.15) is 17.9 Å². The number of aromatic nitrogens is 1. The molecule has 2 heterocycles. The Morgan fingerprint density at radius 1 is 1.17 bits per heavy atom. The number of ether oxygens (including phenoxy) is 1. The minimum atomic E-state index is -0.597. The zero-order valence-electron chi connectivity index (χ0n) is 16.4. The van der Waals surface area contributed by atoms with Crippen LogP contribution in [0.4, 0.5) is 5.69 Å². The van der Waals surface area contributed by atoms with E-state index in [9.17, 15) is 14.4 Å². The van der Waals surface area contributed by atoms with Gasteiger partial charge in [-0.05, 0) is 30.5 Å². The minimum absolute atomic E-state index is 0.00177. The molecule has 2 amide bonds. The normalized spacial score (nSPS) is 10.6. The maximum atomic E-state index is 12.6. The van der Waals surface area contributed by atoms with E-state index >= 15 is 0 Å². The van der Waals surface area contributed by atoms with Crippen molar-refractivity contribution in [1.29, 1.82) is 0 Å². The van der Waals surface area contributed by atoms with Crippen LogP contribution in [0, 0.1) is 6.92 Å². The summed E-state index contributed by atoms with van der Waals surface area (Å²) < 4.78 is 10.8. The van der Waals surface area contributed by atoms with Crippen molar-refractivity contribution in [3.8, 4) is 10.8 Å². The van der Waals surface area contributed by atoms with Gasteiger partial charge in [-0.25, -0.2) is 4.98 Å². The molecular weight excluding hydrogens is 406 g/mol. The van der Waals surface area contributed by atoms with Gasteiger partial charge in [-0.2, -0.15) is 0 Å². The van der Waals surface area contributed by atoms with E-state index in [1.807, 2.05) is 23.6 Å². The zero-order chi connectivity index (χ0) is 21.5. The van der Waals surface area contributed by atoms with E-state index in [0.29, 0.717) is 23.0 Å². The van der Waals surface area contributed by atoms with Crippen molar-refractivity contribution < 1.29 is 23.5 Å². The molecule has 0 radical (unpaired) electrons. The number of amides is 2. The summed E-state index contributed by atoms with van der Waals surface area (Å²) in [7, 11) is 0. The van der Waals surface area contributed by atoms with Gasteiger partial charge >= 0.3 is 5.97 Å². The van der Waals surface area contributed by atoms with Gasteiger partial charge in [0.2, 0.25) is 11.8 Å². The summed E-state index contributed by atoms with van der Waals surface area (Å²) in [5.41, 5.74) is 6.25. The van der Waals surface area contributed by atoms with Crippen molar-refractivity contribution in [2.24, 2.45) is 5.73 Å². The Kier molecular flexibility index (Phi) is 6.97. The minimum Gasteiger partial charge on any atom is -0.455 e. The van der Waals surface area contributed by atoms with E-state index in [2.05, 4.69) is 4.98 Å². The molecule has 0 bridgehead atoms. The number of thiophene rings is 1. The number of primary amides is 1. The highest BCUT2D eigenvalue weighted by atomic mass is 32.1. The third-order valence-electron chi connectivity index (χ3n) is 4.24. The monoisotopic (exact) mass is 427 g/mol. The van der Waals surface area contributed by atoms with E-state index in [1.165, 1.54) is 16.2 Å². The largest absolute Gasteiger partial charge is 0.455 e. The number of nitrogens with two attached hydrogens (primary N) is 1. The smallest absolute Gasteiger partial charge is 0.312 e. The first-order chi connectivity index (χ1) is 14.4. The molecule has 9 heteroatoms. The van der Waals surface area contributed by atoms with Gasteiger partial charge in [0.15, 0.2) is 6.61 Å². The molecule has 0 saturated heterocycles. The van der Waals surface area contributed by atoms with E-state index < -0.39 is 24.4 Å². The number of para-hydroxylation sites is 1. The summed E-state index contributed by atoms with van der Waals surface area (Å²) in [6.45, 7) is 1.36. The number of benzene rings is 1. The second kappa shape index (κ2) is 9.84. The topological polar surface area (TPSA) is 116 Å². The van der Waals surface area contributed by atoms with Crippen LogP contribution in [0.5, 0.6) is 0 Å². The van der Waals surface area contributed by atoms with Crippen molar-refractivity contribution >= 4 is 34.8 Å². The molecule has 30 heavy (non-hydrogen) atoms. The Balaban J connectivity index is 1.60. The third kappa shape index (κ3) is 5.54. The number of anilines is 1. The van der Waals surface area contributed by atoms with Crippen molar-refractivity contribution in [3.05, 3.63) is 59.3 Å². The molecular formula is C21H21N3O5S. The van der Waals surface area contributed by atoms with Crippen LogP contribution >= 0.6 is 11.3 Å². The number of oxazole rings is 1. The highest BCUT2D eigenvalue weighted by Gasteiger charge is 2.20. The summed E-state index contributed by atoms with van der Waals surface area (Å²) in [6.07, 6.45) is -0.112. The average Bonchev–Trinajstić information content (AvgIpc) is 3.37. The first-order valence-electron chi connectivity index (χ1n) is 9.23. The Morgan fingerprint density at radius 3 is 2.60 bits per heavy atom. The van der Waals surface area contributed by atoms with Gasteiger partial charge in [0.1, 0.15) is 5.76 Å². The van der Waals surface area contributed by atoms with Gasteiger partial charge in [-0.3, -0.25) is 14.4 Å². The number of hydrogen-bond acceptors (Lipinski definition) is 7. The highest BCUT2D eigenvalue weighted by molar-refractivity contribution is 7.13. The standard InChI is InChI=1S/C21H21N3O5S/c1-14-16(23-21(29-14)17-8-5-11-30-17)12-20(27)28-13-19(26)24(10-9-18(22)25)15-6-3-2-4-7-15/h2-8,11H,9-10,12-13H2,1H3,(H2,22,25). The lowest BCUT2D eigenvalue weighted by Crippen LogP contribution is -2.37. The highest BCUT2D eigenvalue weighted by Crippen LogP contribution is 2.26. The Hall–Kier alpha value is -3.46. The third-order valence-corrected chi connectivity index (χ3v) is 5.10. The van der Waals surface area contributed by atoms with Crippen LogP contribution in [0.25, 0.3) is 10.8 Å². The fraction of sp³-hybridized carbons (Fsp3) is 0.238. The van der Waals surface area contributed by atoms with Gasteiger partial charge in [0, 0.05) is 18.7 Å². The summed E-state index contributed by atoms with van der Waals surface area (Å²) in [4.78, 5) is 42.6. The zero-order valence-corrected chi connectivity index (χ0v) is 17.2. The van der Waals surface area contributed by atoms with Crippen LogP contribution < -0.4 is 10.6 Å². The van der Waals surface area contributed by atoms with E-state index in [-0.39, 0.29) is 19.4 Å². The number of nitrogens with zero attached hydrogens (tertiary/aromatic N) is 2. The predicted octanol–water partition coefficient (Wildman–Crippen LogP) is 2.71.